The summed E-state index contributed by atoms with van der Waals surface area (Å²) in [7, 11) is 0. The Morgan fingerprint density at radius 1 is 0.857 bits per heavy atom. The molecule has 0 radical (unpaired) electrons. The van der Waals surface area contributed by atoms with E-state index in [0.717, 1.165) is 21.9 Å². The van der Waals surface area contributed by atoms with E-state index in [4.69, 9.17) is 4.52 Å². The van der Waals surface area contributed by atoms with Crippen LogP contribution in [-0.2, 0) is 0 Å². The second kappa shape index (κ2) is 6.55. The number of aromatic nitrogens is 5. The van der Waals surface area contributed by atoms with Gasteiger partial charge in [-0.1, -0.05) is 59.8 Å². The lowest BCUT2D eigenvalue weighted by molar-refractivity contribution is 0.431. The molecule has 2 aromatic carbocycles. The molecule has 0 spiro atoms. The molecule has 0 aliphatic heterocycles. The van der Waals surface area contributed by atoms with Crippen molar-refractivity contribution in [3.05, 3.63) is 83.5 Å². The fourth-order valence-electron chi connectivity index (χ4n) is 3.03. The van der Waals surface area contributed by atoms with Gasteiger partial charge in [0.25, 0.3) is 11.4 Å². The van der Waals surface area contributed by atoms with Crippen LogP contribution in [0, 0.1) is 0 Å². The minimum Gasteiger partial charge on any atom is -0.333 e. The zero-order chi connectivity index (χ0) is 18.9. The number of hydrogen-bond acceptors (Lipinski definition) is 6. The van der Waals surface area contributed by atoms with Crippen molar-refractivity contribution in [1.29, 1.82) is 0 Å². The quantitative estimate of drug-likeness (QED) is 0.522. The average Bonchev–Trinajstić information content (AvgIpc) is 3.23. The molecular formula is C21H13N5O2. The zero-order valence-corrected chi connectivity index (χ0v) is 14.5. The largest absolute Gasteiger partial charge is 0.333 e. The van der Waals surface area contributed by atoms with Gasteiger partial charge in [-0.25, -0.2) is 4.98 Å². The maximum absolute atomic E-state index is 12.5. The second-order valence-corrected chi connectivity index (χ2v) is 6.17. The molecule has 0 aliphatic rings. The van der Waals surface area contributed by atoms with Gasteiger partial charge in [-0.15, -0.1) is 0 Å². The molecule has 0 saturated carbocycles. The lowest BCUT2D eigenvalue weighted by Crippen LogP contribution is -2.11. The van der Waals surface area contributed by atoms with E-state index in [-0.39, 0.29) is 17.0 Å². The monoisotopic (exact) mass is 367 g/mol. The summed E-state index contributed by atoms with van der Waals surface area (Å²) in [5.41, 5.74) is 1.42. The maximum atomic E-state index is 12.5. The van der Waals surface area contributed by atoms with E-state index in [1.54, 1.807) is 12.4 Å². The van der Waals surface area contributed by atoms with E-state index in [9.17, 15) is 4.79 Å². The second-order valence-electron chi connectivity index (χ2n) is 6.17. The number of H-pyrrole nitrogens is 1. The fraction of sp³-hybridized carbons (Fsp3) is 0. The molecule has 0 atom stereocenters. The van der Waals surface area contributed by atoms with Crippen LogP contribution in [0.15, 0.2) is 82.5 Å². The van der Waals surface area contributed by atoms with Gasteiger partial charge in [0.2, 0.25) is 5.82 Å². The van der Waals surface area contributed by atoms with Crippen LogP contribution in [0.2, 0.25) is 0 Å². The van der Waals surface area contributed by atoms with Gasteiger partial charge >= 0.3 is 0 Å². The standard InChI is InChI=1S/C21H13N5O2/c27-20-17(12-23-18(24-20)13-6-2-1-3-7-13)21-25-19(26-28-21)16-11-22-10-14-8-4-5-9-15(14)16/h1-12H,(H,23,24,27). The van der Waals surface area contributed by atoms with E-state index in [0.29, 0.717) is 11.6 Å². The molecular weight excluding hydrogens is 354 g/mol. The SMILES string of the molecule is O=c1[nH]c(-c2ccccc2)ncc1-c1nc(-c2cncc3ccccc23)no1. The summed E-state index contributed by atoms with van der Waals surface area (Å²) in [5, 5.41) is 5.95. The van der Waals surface area contributed by atoms with Crippen LogP contribution in [0.4, 0.5) is 0 Å². The third-order valence-electron chi connectivity index (χ3n) is 4.41. The summed E-state index contributed by atoms with van der Waals surface area (Å²) in [6.45, 7) is 0. The first-order valence-electron chi connectivity index (χ1n) is 8.61. The molecule has 0 amide bonds. The number of rotatable bonds is 3. The number of benzene rings is 2. The van der Waals surface area contributed by atoms with Gasteiger partial charge in [0, 0.05) is 35.1 Å². The van der Waals surface area contributed by atoms with Crippen molar-refractivity contribution in [2.75, 3.05) is 0 Å². The number of hydrogen-bond donors (Lipinski definition) is 1. The first kappa shape index (κ1) is 16.1. The molecule has 0 bridgehead atoms. The Kier molecular flexibility index (Phi) is 3.76. The van der Waals surface area contributed by atoms with Gasteiger partial charge in [-0.2, -0.15) is 4.98 Å². The third-order valence-corrected chi connectivity index (χ3v) is 4.41. The first-order chi connectivity index (χ1) is 13.8. The van der Waals surface area contributed by atoms with Crippen molar-refractivity contribution < 1.29 is 4.52 Å². The van der Waals surface area contributed by atoms with Gasteiger partial charge in [-0.05, 0) is 5.39 Å². The molecule has 7 nitrogen and oxygen atoms in total. The van der Waals surface area contributed by atoms with E-state index in [2.05, 4.69) is 25.1 Å². The van der Waals surface area contributed by atoms with E-state index in [1.807, 2.05) is 54.6 Å². The van der Waals surface area contributed by atoms with Crippen molar-refractivity contribution in [3.63, 3.8) is 0 Å². The normalized spacial score (nSPS) is 11.0. The van der Waals surface area contributed by atoms with E-state index in [1.165, 1.54) is 6.20 Å². The number of nitrogens with zero attached hydrogens (tertiary/aromatic N) is 4. The Labute approximate surface area is 158 Å². The summed E-state index contributed by atoms with van der Waals surface area (Å²) in [4.78, 5) is 28.2. The van der Waals surface area contributed by atoms with Crippen LogP contribution in [0.25, 0.3) is 45.0 Å². The van der Waals surface area contributed by atoms with Gasteiger partial charge < -0.3 is 9.51 Å². The summed E-state index contributed by atoms with van der Waals surface area (Å²) in [5.74, 6) is 0.953. The molecule has 134 valence electrons. The highest BCUT2D eigenvalue weighted by Crippen LogP contribution is 2.26. The van der Waals surface area contributed by atoms with Crippen LogP contribution in [0.3, 0.4) is 0 Å². The molecule has 7 heteroatoms. The number of aromatic amines is 1. The fourth-order valence-corrected chi connectivity index (χ4v) is 3.03. The van der Waals surface area contributed by atoms with E-state index >= 15 is 0 Å². The Morgan fingerprint density at radius 2 is 1.68 bits per heavy atom. The predicted octanol–water partition coefficient (Wildman–Crippen LogP) is 3.70. The molecule has 28 heavy (non-hydrogen) atoms. The van der Waals surface area contributed by atoms with Crippen LogP contribution in [0.1, 0.15) is 0 Å². The Bertz CT molecular complexity index is 1340. The highest BCUT2D eigenvalue weighted by molar-refractivity contribution is 5.94. The zero-order valence-electron chi connectivity index (χ0n) is 14.5. The molecule has 0 saturated heterocycles. The minimum absolute atomic E-state index is 0.108. The smallest absolute Gasteiger partial charge is 0.265 e. The third kappa shape index (κ3) is 2.75. The van der Waals surface area contributed by atoms with Crippen LogP contribution in [0.5, 0.6) is 0 Å². The van der Waals surface area contributed by atoms with Crippen LogP contribution in [-0.4, -0.2) is 25.1 Å². The summed E-state index contributed by atoms with van der Waals surface area (Å²) < 4.78 is 5.33. The van der Waals surface area contributed by atoms with Crippen molar-refractivity contribution in [1.82, 2.24) is 25.1 Å². The number of pyridine rings is 1. The highest BCUT2D eigenvalue weighted by Gasteiger charge is 2.16. The molecule has 0 unspecified atom stereocenters. The molecule has 3 aromatic heterocycles. The van der Waals surface area contributed by atoms with Crippen molar-refractivity contribution in [2.45, 2.75) is 0 Å². The molecule has 0 fully saturated rings. The minimum atomic E-state index is -0.347. The Balaban J connectivity index is 1.56. The summed E-state index contributed by atoms with van der Waals surface area (Å²) in [6, 6.07) is 17.2. The van der Waals surface area contributed by atoms with Crippen molar-refractivity contribution in [2.24, 2.45) is 0 Å². The highest BCUT2D eigenvalue weighted by atomic mass is 16.5. The molecule has 5 aromatic rings. The van der Waals surface area contributed by atoms with Gasteiger partial charge in [-0.3, -0.25) is 9.78 Å². The van der Waals surface area contributed by atoms with Crippen LogP contribution >= 0.6 is 0 Å². The number of nitrogens with one attached hydrogen (secondary N) is 1. The molecule has 1 N–H and O–H groups in total. The lowest BCUT2D eigenvalue weighted by Gasteiger charge is -2.01. The molecule has 5 rings (SSSR count). The predicted molar refractivity (Wildman–Crippen MR) is 104 cm³/mol. The van der Waals surface area contributed by atoms with Gasteiger partial charge in [0.15, 0.2) is 0 Å². The maximum Gasteiger partial charge on any atom is 0.265 e. The first-order valence-corrected chi connectivity index (χ1v) is 8.61. The van der Waals surface area contributed by atoms with Gasteiger partial charge in [0.05, 0.1) is 0 Å². The Hall–Kier alpha value is -4.13. The summed E-state index contributed by atoms with van der Waals surface area (Å²) >= 11 is 0. The molecule has 0 aliphatic carbocycles. The average molecular weight is 367 g/mol. The lowest BCUT2D eigenvalue weighted by atomic mass is 10.1. The van der Waals surface area contributed by atoms with Crippen LogP contribution < -0.4 is 5.56 Å². The number of fused-ring (bicyclic) bond motifs is 1. The van der Waals surface area contributed by atoms with Crippen molar-refractivity contribution >= 4 is 10.8 Å². The summed E-state index contributed by atoms with van der Waals surface area (Å²) in [6.07, 6.45) is 4.90. The Morgan fingerprint density at radius 3 is 2.54 bits per heavy atom. The van der Waals surface area contributed by atoms with E-state index < -0.39 is 0 Å². The van der Waals surface area contributed by atoms with Crippen molar-refractivity contribution in [3.8, 4) is 34.2 Å². The van der Waals surface area contributed by atoms with Gasteiger partial charge in [0.1, 0.15) is 11.4 Å². The molecule has 3 heterocycles. The topological polar surface area (TPSA) is 97.6 Å².